The Balaban J connectivity index is 1.96. The van der Waals surface area contributed by atoms with E-state index in [9.17, 15) is 19.5 Å². The van der Waals surface area contributed by atoms with Crippen LogP contribution in [0.15, 0.2) is 30.3 Å². The summed E-state index contributed by atoms with van der Waals surface area (Å²) in [6.07, 6.45) is -1.31. The highest BCUT2D eigenvalue weighted by Gasteiger charge is 2.39. The third kappa shape index (κ3) is 5.37. The highest BCUT2D eigenvalue weighted by molar-refractivity contribution is 5.82. The van der Waals surface area contributed by atoms with Gasteiger partial charge < -0.3 is 19.5 Å². The lowest BCUT2D eigenvalue weighted by Crippen LogP contribution is -2.60. The van der Waals surface area contributed by atoms with Crippen LogP contribution < -0.4 is 0 Å². The molecule has 1 heterocycles. The Morgan fingerprint density at radius 3 is 2.35 bits per heavy atom. The molecule has 1 aromatic carbocycles. The summed E-state index contributed by atoms with van der Waals surface area (Å²) in [5, 5.41) is 9.44. The van der Waals surface area contributed by atoms with Gasteiger partial charge in [0.2, 0.25) is 0 Å². The molecule has 1 fully saturated rings. The summed E-state index contributed by atoms with van der Waals surface area (Å²) in [6, 6.07) is 8.01. The fraction of sp³-hybridized carbons (Fsp3) is 0.500. The molecule has 0 saturated carbocycles. The molecule has 8 nitrogen and oxygen atoms in total. The second kappa shape index (κ2) is 8.07. The van der Waals surface area contributed by atoms with Crippen LogP contribution in [0.25, 0.3) is 0 Å². The van der Waals surface area contributed by atoms with Gasteiger partial charge in [0.05, 0.1) is 6.54 Å². The van der Waals surface area contributed by atoms with E-state index in [0.29, 0.717) is 0 Å². The number of piperazine rings is 1. The van der Waals surface area contributed by atoms with Gasteiger partial charge in [-0.15, -0.1) is 0 Å². The Kier molecular flexibility index (Phi) is 6.07. The maximum Gasteiger partial charge on any atom is 0.411 e. The van der Waals surface area contributed by atoms with Crippen LogP contribution in [0.2, 0.25) is 0 Å². The summed E-state index contributed by atoms with van der Waals surface area (Å²) in [5.74, 6) is -1.20. The van der Waals surface area contributed by atoms with Crippen molar-refractivity contribution in [1.29, 1.82) is 0 Å². The number of carbonyl (C=O) groups excluding carboxylic acids is 2. The average Bonchev–Trinajstić information content (AvgIpc) is 2.58. The van der Waals surface area contributed by atoms with Crippen molar-refractivity contribution in [3.63, 3.8) is 0 Å². The van der Waals surface area contributed by atoms with Crippen LogP contribution in [0.4, 0.5) is 9.59 Å². The molecule has 142 valence electrons. The molecular weight excluding hydrogens is 340 g/mol. The minimum Gasteiger partial charge on any atom is -0.480 e. The van der Waals surface area contributed by atoms with Gasteiger partial charge in [0.15, 0.2) is 6.04 Å². The molecule has 1 aliphatic rings. The summed E-state index contributed by atoms with van der Waals surface area (Å²) < 4.78 is 10.5. The summed E-state index contributed by atoms with van der Waals surface area (Å²) in [7, 11) is 0. The van der Waals surface area contributed by atoms with Crippen LogP contribution in [0.3, 0.4) is 0 Å². The van der Waals surface area contributed by atoms with Gasteiger partial charge >= 0.3 is 18.2 Å². The standard InChI is InChI=1S/C18H24N2O6/c1-18(2,3)26-17(24)20-10-9-19(11-14(20)15(21)22)16(23)25-12-13-7-5-4-6-8-13/h4-8,14H,9-12H2,1-3H3,(H,21,22). The largest absolute Gasteiger partial charge is 0.480 e. The van der Waals surface area contributed by atoms with E-state index in [1.807, 2.05) is 30.3 Å². The first-order valence-electron chi connectivity index (χ1n) is 8.35. The van der Waals surface area contributed by atoms with Crippen molar-refractivity contribution in [3.05, 3.63) is 35.9 Å². The number of hydrogen-bond acceptors (Lipinski definition) is 5. The zero-order chi connectivity index (χ0) is 19.3. The Morgan fingerprint density at radius 1 is 1.12 bits per heavy atom. The fourth-order valence-electron chi connectivity index (χ4n) is 2.51. The topological polar surface area (TPSA) is 96.4 Å². The molecule has 0 aliphatic carbocycles. The summed E-state index contributed by atoms with van der Waals surface area (Å²) in [5.41, 5.74) is 0.106. The molecule has 1 unspecified atom stereocenters. The molecule has 1 N–H and O–H groups in total. The van der Waals surface area contributed by atoms with Crippen molar-refractivity contribution in [2.75, 3.05) is 19.6 Å². The van der Waals surface area contributed by atoms with Crippen LogP contribution >= 0.6 is 0 Å². The number of amides is 2. The first-order valence-corrected chi connectivity index (χ1v) is 8.35. The number of carboxylic acid groups (broad SMARTS) is 1. The van der Waals surface area contributed by atoms with E-state index >= 15 is 0 Å². The van der Waals surface area contributed by atoms with Crippen molar-refractivity contribution >= 4 is 18.2 Å². The molecule has 0 spiro atoms. The molecular formula is C18H24N2O6. The minimum absolute atomic E-state index is 0.0618. The Labute approximate surface area is 152 Å². The highest BCUT2D eigenvalue weighted by atomic mass is 16.6. The van der Waals surface area contributed by atoms with E-state index < -0.39 is 29.8 Å². The van der Waals surface area contributed by atoms with E-state index in [1.165, 1.54) is 4.90 Å². The second-order valence-corrected chi connectivity index (χ2v) is 7.01. The molecule has 8 heteroatoms. The monoisotopic (exact) mass is 364 g/mol. The number of nitrogens with zero attached hydrogens (tertiary/aromatic N) is 2. The third-order valence-corrected chi connectivity index (χ3v) is 3.76. The van der Waals surface area contributed by atoms with Gasteiger partial charge in [0.1, 0.15) is 12.2 Å². The number of benzene rings is 1. The third-order valence-electron chi connectivity index (χ3n) is 3.76. The zero-order valence-corrected chi connectivity index (χ0v) is 15.2. The smallest absolute Gasteiger partial charge is 0.411 e. The first kappa shape index (κ1) is 19.6. The maximum absolute atomic E-state index is 12.2. The number of hydrogen-bond donors (Lipinski definition) is 1. The molecule has 1 atom stereocenters. The SMILES string of the molecule is CC(C)(C)OC(=O)N1CCN(C(=O)OCc2ccccc2)CC1C(=O)O. The Bertz CT molecular complexity index is 655. The molecule has 0 radical (unpaired) electrons. The van der Waals surface area contributed by atoms with E-state index in [-0.39, 0.29) is 26.2 Å². The van der Waals surface area contributed by atoms with Gasteiger partial charge in [-0.1, -0.05) is 30.3 Å². The normalized spacial score (nSPS) is 17.6. The average molecular weight is 364 g/mol. The lowest BCUT2D eigenvalue weighted by molar-refractivity contribution is -0.145. The van der Waals surface area contributed by atoms with Gasteiger partial charge in [-0.05, 0) is 26.3 Å². The quantitative estimate of drug-likeness (QED) is 0.884. The summed E-state index contributed by atoms with van der Waals surface area (Å²) >= 11 is 0. The van der Waals surface area contributed by atoms with Crippen molar-refractivity contribution in [2.24, 2.45) is 0 Å². The van der Waals surface area contributed by atoms with Crippen LogP contribution in [0, 0.1) is 0 Å². The van der Waals surface area contributed by atoms with Gasteiger partial charge in [0.25, 0.3) is 0 Å². The van der Waals surface area contributed by atoms with E-state index in [1.54, 1.807) is 20.8 Å². The van der Waals surface area contributed by atoms with Crippen LogP contribution in [0.5, 0.6) is 0 Å². The number of carboxylic acids is 1. The molecule has 1 aromatic rings. The molecule has 1 saturated heterocycles. The van der Waals surface area contributed by atoms with Crippen molar-refractivity contribution in [2.45, 2.75) is 39.0 Å². The summed E-state index contributed by atoms with van der Waals surface area (Å²) in [6.45, 7) is 5.31. The maximum atomic E-state index is 12.2. The fourth-order valence-corrected chi connectivity index (χ4v) is 2.51. The van der Waals surface area contributed by atoms with E-state index in [4.69, 9.17) is 9.47 Å². The first-order chi connectivity index (χ1) is 12.2. The van der Waals surface area contributed by atoms with E-state index in [2.05, 4.69) is 0 Å². The molecule has 0 aromatic heterocycles. The molecule has 1 aliphatic heterocycles. The van der Waals surface area contributed by atoms with Crippen molar-refractivity contribution < 1.29 is 29.0 Å². The van der Waals surface area contributed by atoms with Gasteiger partial charge in [-0.2, -0.15) is 0 Å². The zero-order valence-electron chi connectivity index (χ0n) is 15.2. The molecule has 2 amide bonds. The second-order valence-electron chi connectivity index (χ2n) is 7.01. The van der Waals surface area contributed by atoms with Crippen LogP contribution in [-0.2, 0) is 20.9 Å². The Morgan fingerprint density at radius 2 is 1.77 bits per heavy atom. The van der Waals surface area contributed by atoms with Crippen molar-refractivity contribution in [1.82, 2.24) is 9.80 Å². The Hall–Kier alpha value is -2.77. The minimum atomic E-state index is -1.20. The summed E-state index contributed by atoms with van der Waals surface area (Å²) in [4.78, 5) is 38.4. The van der Waals surface area contributed by atoms with Crippen molar-refractivity contribution in [3.8, 4) is 0 Å². The van der Waals surface area contributed by atoms with E-state index in [0.717, 1.165) is 10.5 Å². The predicted molar refractivity (Wildman–Crippen MR) is 92.6 cm³/mol. The number of rotatable bonds is 3. The van der Waals surface area contributed by atoms with Gasteiger partial charge in [-0.3, -0.25) is 4.90 Å². The molecule has 0 bridgehead atoms. The molecule has 2 rings (SSSR count). The van der Waals surface area contributed by atoms with Crippen LogP contribution in [-0.4, -0.2) is 64.3 Å². The highest BCUT2D eigenvalue weighted by Crippen LogP contribution is 2.17. The van der Waals surface area contributed by atoms with Gasteiger partial charge in [-0.25, -0.2) is 14.4 Å². The number of aliphatic carboxylic acids is 1. The number of carbonyl (C=O) groups is 3. The lowest BCUT2D eigenvalue weighted by Gasteiger charge is -2.39. The molecule has 26 heavy (non-hydrogen) atoms. The van der Waals surface area contributed by atoms with Gasteiger partial charge in [0, 0.05) is 13.1 Å². The van der Waals surface area contributed by atoms with Crippen LogP contribution in [0.1, 0.15) is 26.3 Å². The number of ether oxygens (including phenoxy) is 2. The lowest BCUT2D eigenvalue weighted by atomic mass is 10.1. The predicted octanol–water partition coefficient (Wildman–Crippen LogP) is 2.33.